The minimum absolute atomic E-state index is 0.0770. The zero-order chi connectivity index (χ0) is 13.0. The molecule has 1 aliphatic heterocycles. The molecule has 2 rings (SSSR count). The molecule has 0 aromatic carbocycles. The third-order valence-corrected chi connectivity index (χ3v) is 3.53. The number of hydrogen-bond acceptors (Lipinski definition) is 4. The van der Waals surface area contributed by atoms with Crippen LogP contribution in [0.3, 0.4) is 0 Å². The molecule has 2 N–H and O–H groups in total. The van der Waals surface area contributed by atoms with E-state index in [4.69, 9.17) is 5.73 Å². The highest BCUT2D eigenvalue weighted by atomic mass is 15.3. The molecule has 1 atom stereocenters. The number of anilines is 1. The van der Waals surface area contributed by atoms with Gasteiger partial charge in [0.25, 0.3) is 0 Å². The molecule has 1 fully saturated rings. The Balaban J connectivity index is 1.98. The van der Waals surface area contributed by atoms with Crippen LogP contribution in [0, 0.1) is 0 Å². The average Bonchev–Trinajstić information content (AvgIpc) is 2.40. The van der Waals surface area contributed by atoms with Crippen LogP contribution in [0.25, 0.3) is 0 Å². The number of piperazine rings is 1. The second-order valence-electron chi connectivity index (χ2n) is 5.06. The molecule has 18 heavy (non-hydrogen) atoms. The van der Waals surface area contributed by atoms with Gasteiger partial charge in [0, 0.05) is 38.4 Å². The maximum absolute atomic E-state index is 5.92. The molecule has 1 aliphatic rings. The normalized spacial score (nSPS) is 18.9. The van der Waals surface area contributed by atoms with Gasteiger partial charge >= 0.3 is 0 Å². The molecule has 0 saturated carbocycles. The van der Waals surface area contributed by atoms with Crippen molar-refractivity contribution < 1.29 is 0 Å². The summed E-state index contributed by atoms with van der Waals surface area (Å²) < 4.78 is 0. The fourth-order valence-electron chi connectivity index (χ4n) is 2.41. The van der Waals surface area contributed by atoms with Crippen molar-refractivity contribution in [2.75, 3.05) is 37.6 Å². The summed E-state index contributed by atoms with van der Waals surface area (Å²) in [4.78, 5) is 9.35. The van der Waals surface area contributed by atoms with Crippen LogP contribution in [0.5, 0.6) is 0 Å². The molecule has 1 aromatic heterocycles. The first-order chi connectivity index (χ1) is 8.70. The van der Waals surface area contributed by atoms with Crippen molar-refractivity contribution in [3.05, 3.63) is 23.9 Å². The molecule has 2 heterocycles. The lowest BCUT2D eigenvalue weighted by Gasteiger charge is -2.35. The van der Waals surface area contributed by atoms with Crippen molar-refractivity contribution in [1.82, 2.24) is 9.88 Å². The van der Waals surface area contributed by atoms with Crippen LogP contribution in [0.1, 0.15) is 31.9 Å². The Morgan fingerprint density at radius 2 is 2.06 bits per heavy atom. The molecule has 0 spiro atoms. The first-order valence-electron chi connectivity index (χ1n) is 6.89. The fourth-order valence-corrected chi connectivity index (χ4v) is 2.41. The summed E-state index contributed by atoms with van der Waals surface area (Å²) in [6.45, 7) is 9.86. The topological polar surface area (TPSA) is 45.4 Å². The minimum Gasteiger partial charge on any atom is -0.354 e. The monoisotopic (exact) mass is 248 g/mol. The van der Waals surface area contributed by atoms with E-state index in [1.54, 1.807) is 0 Å². The number of nitrogens with zero attached hydrogens (tertiary/aromatic N) is 3. The predicted octanol–water partition coefficient (Wildman–Crippen LogP) is 1.63. The highest BCUT2D eigenvalue weighted by Gasteiger charge is 2.17. The van der Waals surface area contributed by atoms with Gasteiger partial charge in [-0.15, -0.1) is 0 Å². The SMILES string of the molecule is CCCN1CCN(c2cc(C(C)N)ccn2)CC1. The van der Waals surface area contributed by atoms with E-state index in [0.29, 0.717) is 0 Å². The Kier molecular flexibility index (Phi) is 4.55. The third-order valence-electron chi connectivity index (χ3n) is 3.53. The standard InChI is InChI=1S/C14H24N4/c1-3-6-17-7-9-18(10-8-17)14-11-13(12(2)15)4-5-16-14/h4-5,11-12H,3,6-10,15H2,1-2H3. The molecular formula is C14H24N4. The molecule has 0 amide bonds. The zero-order valence-corrected chi connectivity index (χ0v) is 11.5. The molecule has 1 unspecified atom stereocenters. The summed E-state index contributed by atoms with van der Waals surface area (Å²) in [5.74, 6) is 1.07. The van der Waals surface area contributed by atoms with Crippen molar-refractivity contribution in [1.29, 1.82) is 0 Å². The van der Waals surface area contributed by atoms with Gasteiger partial charge in [0.1, 0.15) is 5.82 Å². The second-order valence-corrected chi connectivity index (χ2v) is 5.06. The fraction of sp³-hybridized carbons (Fsp3) is 0.643. The molecule has 1 aromatic rings. The Hall–Kier alpha value is -1.13. The Bertz CT molecular complexity index is 370. The van der Waals surface area contributed by atoms with Gasteiger partial charge in [-0.25, -0.2) is 4.98 Å². The second kappa shape index (κ2) is 6.16. The molecule has 4 nitrogen and oxygen atoms in total. The highest BCUT2D eigenvalue weighted by molar-refractivity contribution is 5.42. The number of pyridine rings is 1. The van der Waals surface area contributed by atoms with E-state index in [1.165, 1.54) is 13.0 Å². The zero-order valence-electron chi connectivity index (χ0n) is 11.5. The van der Waals surface area contributed by atoms with Crippen molar-refractivity contribution in [2.24, 2.45) is 5.73 Å². The summed E-state index contributed by atoms with van der Waals surface area (Å²) in [5, 5.41) is 0. The smallest absolute Gasteiger partial charge is 0.128 e. The minimum atomic E-state index is 0.0770. The third kappa shape index (κ3) is 3.21. The van der Waals surface area contributed by atoms with Crippen molar-refractivity contribution in [3.8, 4) is 0 Å². The quantitative estimate of drug-likeness (QED) is 0.880. The van der Waals surface area contributed by atoms with Crippen LogP contribution in [0.2, 0.25) is 0 Å². The van der Waals surface area contributed by atoms with E-state index in [-0.39, 0.29) is 6.04 Å². The maximum atomic E-state index is 5.92. The average molecular weight is 248 g/mol. The van der Waals surface area contributed by atoms with Gasteiger partial charge in [0.05, 0.1) is 0 Å². The van der Waals surface area contributed by atoms with Gasteiger partial charge in [0.15, 0.2) is 0 Å². The lowest BCUT2D eigenvalue weighted by atomic mass is 10.1. The number of hydrogen-bond donors (Lipinski definition) is 1. The molecule has 0 bridgehead atoms. The van der Waals surface area contributed by atoms with E-state index in [2.05, 4.69) is 27.8 Å². The maximum Gasteiger partial charge on any atom is 0.128 e. The predicted molar refractivity (Wildman–Crippen MR) is 75.8 cm³/mol. The molecule has 0 radical (unpaired) electrons. The van der Waals surface area contributed by atoms with Crippen LogP contribution in [0.15, 0.2) is 18.3 Å². The first kappa shape index (κ1) is 13.3. The molecular weight excluding hydrogens is 224 g/mol. The van der Waals surface area contributed by atoms with Crippen molar-refractivity contribution >= 4 is 5.82 Å². The van der Waals surface area contributed by atoms with Gasteiger partial charge in [-0.1, -0.05) is 6.92 Å². The van der Waals surface area contributed by atoms with Crippen LogP contribution in [0.4, 0.5) is 5.82 Å². The Morgan fingerprint density at radius 3 is 2.67 bits per heavy atom. The number of nitrogens with two attached hydrogens (primary N) is 1. The summed E-state index contributed by atoms with van der Waals surface area (Å²) in [7, 11) is 0. The summed E-state index contributed by atoms with van der Waals surface area (Å²) in [6, 6.07) is 4.20. The van der Waals surface area contributed by atoms with Crippen LogP contribution in [-0.2, 0) is 0 Å². The first-order valence-corrected chi connectivity index (χ1v) is 6.89. The largest absolute Gasteiger partial charge is 0.354 e. The van der Waals surface area contributed by atoms with Crippen molar-refractivity contribution in [3.63, 3.8) is 0 Å². The van der Waals surface area contributed by atoms with Crippen molar-refractivity contribution in [2.45, 2.75) is 26.3 Å². The Morgan fingerprint density at radius 1 is 1.33 bits per heavy atom. The summed E-state index contributed by atoms with van der Waals surface area (Å²) in [6.07, 6.45) is 3.10. The lowest BCUT2D eigenvalue weighted by molar-refractivity contribution is 0.258. The molecule has 100 valence electrons. The molecule has 1 saturated heterocycles. The van der Waals surface area contributed by atoms with E-state index >= 15 is 0 Å². The van der Waals surface area contributed by atoms with Gasteiger partial charge < -0.3 is 10.6 Å². The summed E-state index contributed by atoms with van der Waals surface area (Å²) >= 11 is 0. The van der Waals surface area contributed by atoms with Gasteiger partial charge in [-0.05, 0) is 37.6 Å². The Labute approximate surface area is 110 Å². The van der Waals surface area contributed by atoms with Gasteiger partial charge in [0.2, 0.25) is 0 Å². The van der Waals surface area contributed by atoms with E-state index in [9.17, 15) is 0 Å². The van der Waals surface area contributed by atoms with E-state index < -0.39 is 0 Å². The van der Waals surface area contributed by atoms with Crippen LogP contribution >= 0.6 is 0 Å². The van der Waals surface area contributed by atoms with Gasteiger partial charge in [-0.2, -0.15) is 0 Å². The van der Waals surface area contributed by atoms with Crippen LogP contribution < -0.4 is 10.6 Å². The summed E-state index contributed by atoms with van der Waals surface area (Å²) in [5.41, 5.74) is 7.08. The number of aromatic nitrogens is 1. The lowest BCUT2D eigenvalue weighted by Crippen LogP contribution is -2.46. The van der Waals surface area contributed by atoms with Gasteiger partial charge in [-0.3, -0.25) is 4.90 Å². The molecule has 4 heteroatoms. The molecule has 0 aliphatic carbocycles. The number of rotatable bonds is 4. The van der Waals surface area contributed by atoms with E-state index in [0.717, 1.165) is 37.6 Å². The highest BCUT2D eigenvalue weighted by Crippen LogP contribution is 2.18. The van der Waals surface area contributed by atoms with Crippen LogP contribution in [-0.4, -0.2) is 42.6 Å². The van der Waals surface area contributed by atoms with E-state index in [1.807, 2.05) is 19.2 Å².